The maximum atomic E-state index is 13.5. The summed E-state index contributed by atoms with van der Waals surface area (Å²) in [5.41, 5.74) is 1.37. The molecule has 1 aliphatic rings. The van der Waals surface area contributed by atoms with Gasteiger partial charge in [0.25, 0.3) is 0 Å². The van der Waals surface area contributed by atoms with Crippen molar-refractivity contribution in [3.05, 3.63) is 59.7 Å². The topological polar surface area (TPSA) is 94.9 Å². The summed E-state index contributed by atoms with van der Waals surface area (Å²) in [6, 6.07) is 13.2. The average Bonchev–Trinajstić information content (AvgIpc) is 2.72. The number of sulfonamides is 1. The van der Waals surface area contributed by atoms with Crippen LogP contribution in [0.1, 0.15) is 49.7 Å². The van der Waals surface area contributed by atoms with Gasteiger partial charge in [0.15, 0.2) is 0 Å². The highest BCUT2D eigenvalue weighted by Crippen LogP contribution is 2.31. The van der Waals surface area contributed by atoms with Crippen LogP contribution in [0.25, 0.3) is 0 Å². The van der Waals surface area contributed by atoms with Crippen LogP contribution in [0.3, 0.4) is 0 Å². The number of nitrogens with zero attached hydrogens (tertiary/aromatic N) is 1. The molecular formula is C22H27NO5S. The zero-order valence-corrected chi connectivity index (χ0v) is 17.1. The van der Waals surface area contributed by atoms with E-state index in [9.17, 15) is 18.3 Å². The lowest BCUT2D eigenvalue weighted by atomic mass is 9.95. The number of carbonyl (C=O) groups is 1. The number of hydrogen-bond donors (Lipinski definition) is 2. The van der Waals surface area contributed by atoms with E-state index in [0.717, 1.165) is 37.7 Å². The molecule has 6 nitrogen and oxygen atoms in total. The SMILES string of the molecule is O=C(O)CCc1ccc(S(=O)(=O)N(Cc2ccccc2O)C2CCCCC2)cc1. The summed E-state index contributed by atoms with van der Waals surface area (Å²) in [6.45, 7) is 0.125. The summed E-state index contributed by atoms with van der Waals surface area (Å²) in [5.74, 6) is -0.791. The van der Waals surface area contributed by atoms with Crippen molar-refractivity contribution in [2.24, 2.45) is 0 Å². The Kier molecular flexibility index (Phi) is 6.92. The van der Waals surface area contributed by atoms with Gasteiger partial charge in [-0.1, -0.05) is 49.6 Å². The van der Waals surface area contributed by atoms with Crippen molar-refractivity contribution >= 4 is 16.0 Å². The van der Waals surface area contributed by atoms with Gasteiger partial charge in [-0.3, -0.25) is 4.79 Å². The lowest BCUT2D eigenvalue weighted by Crippen LogP contribution is -2.40. The Balaban J connectivity index is 1.88. The first-order chi connectivity index (χ1) is 13.9. The van der Waals surface area contributed by atoms with E-state index < -0.39 is 16.0 Å². The van der Waals surface area contributed by atoms with Gasteiger partial charge in [-0.2, -0.15) is 4.31 Å². The van der Waals surface area contributed by atoms with Gasteiger partial charge in [0, 0.05) is 24.6 Å². The summed E-state index contributed by atoms with van der Waals surface area (Å²) < 4.78 is 28.5. The van der Waals surface area contributed by atoms with Crippen molar-refractivity contribution in [2.75, 3.05) is 0 Å². The minimum atomic E-state index is -3.76. The first-order valence-electron chi connectivity index (χ1n) is 9.97. The van der Waals surface area contributed by atoms with Crippen LogP contribution in [0, 0.1) is 0 Å². The molecule has 0 atom stereocenters. The van der Waals surface area contributed by atoms with Crippen molar-refractivity contribution in [3.8, 4) is 5.75 Å². The molecule has 2 aromatic carbocycles. The molecule has 1 aliphatic carbocycles. The van der Waals surface area contributed by atoms with E-state index in [1.807, 2.05) is 0 Å². The number of phenolic OH excluding ortho intramolecular Hbond substituents is 1. The van der Waals surface area contributed by atoms with Gasteiger partial charge in [-0.15, -0.1) is 0 Å². The molecule has 29 heavy (non-hydrogen) atoms. The number of rotatable bonds is 8. The van der Waals surface area contributed by atoms with Gasteiger partial charge in [0.1, 0.15) is 5.75 Å². The molecule has 1 saturated carbocycles. The van der Waals surface area contributed by atoms with E-state index in [1.54, 1.807) is 48.5 Å². The molecule has 7 heteroatoms. The first-order valence-corrected chi connectivity index (χ1v) is 11.4. The number of carboxylic acid groups (broad SMARTS) is 1. The molecule has 0 spiro atoms. The molecule has 0 radical (unpaired) electrons. The van der Waals surface area contributed by atoms with Gasteiger partial charge < -0.3 is 10.2 Å². The molecule has 0 heterocycles. The lowest BCUT2D eigenvalue weighted by molar-refractivity contribution is -0.136. The van der Waals surface area contributed by atoms with Gasteiger partial charge in [0.2, 0.25) is 10.0 Å². The number of benzene rings is 2. The number of carboxylic acids is 1. The third-order valence-corrected chi connectivity index (χ3v) is 7.37. The Morgan fingerprint density at radius 1 is 1.00 bits per heavy atom. The van der Waals surface area contributed by atoms with Crippen molar-refractivity contribution in [1.29, 1.82) is 0 Å². The van der Waals surface area contributed by atoms with Gasteiger partial charge in [-0.05, 0) is 43.0 Å². The molecule has 0 saturated heterocycles. The van der Waals surface area contributed by atoms with Crippen molar-refractivity contribution in [2.45, 2.75) is 62.4 Å². The largest absolute Gasteiger partial charge is 0.508 e. The summed E-state index contributed by atoms with van der Waals surface area (Å²) in [7, 11) is -3.76. The number of hydrogen-bond acceptors (Lipinski definition) is 4. The Labute approximate surface area is 171 Å². The Morgan fingerprint density at radius 2 is 1.66 bits per heavy atom. The second kappa shape index (κ2) is 9.41. The molecule has 156 valence electrons. The molecule has 0 unspecified atom stereocenters. The molecule has 0 amide bonds. The standard InChI is InChI=1S/C22H27NO5S/c24-21-9-5-4-6-18(21)16-23(19-7-2-1-3-8-19)29(27,28)20-13-10-17(11-14-20)12-15-22(25)26/h4-6,9-11,13-14,19,24H,1-3,7-8,12,15-16H2,(H,25,26). The van der Waals surface area contributed by atoms with Gasteiger partial charge in [0.05, 0.1) is 4.90 Å². The van der Waals surface area contributed by atoms with Crippen LogP contribution in [0.5, 0.6) is 5.75 Å². The summed E-state index contributed by atoms with van der Waals surface area (Å²) >= 11 is 0. The third-order valence-electron chi connectivity index (χ3n) is 5.46. The van der Waals surface area contributed by atoms with Crippen LogP contribution in [0.4, 0.5) is 0 Å². The highest BCUT2D eigenvalue weighted by atomic mass is 32.2. The van der Waals surface area contributed by atoms with E-state index >= 15 is 0 Å². The molecule has 0 bridgehead atoms. The maximum Gasteiger partial charge on any atom is 0.303 e. The van der Waals surface area contributed by atoms with Crippen LogP contribution < -0.4 is 0 Å². The zero-order valence-electron chi connectivity index (χ0n) is 16.3. The van der Waals surface area contributed by atoms with E-state index in [-0.39, 0.29) is 29.7 Å². The van der Waals surface area contributed by atoms with E-state index in [0.29, 0.717) is 12.0 Å². The zero-order chi connectivity index (χ0) is 20.9. The highest BCUT2D eigenvalue weighted by molar-refractivity contribution is 7.89. The molecule has 0 aliphatic heterocycles. The Bertz CT molecular complexity index is 934. The van der Waals surface area contributed by atoms with Crippen molar-refractivity contribution in [3.63, 3.8) is 0 Å². The average molecular weight is 418 g/mol. The van der Waals surface area contributed by atoms with Crippen LogP contribution >= 0.6 is 0 Å². The maximum absolute atomic E-state index is 13.5. The predicted molar refractivity (Wildman–Crippen MR) is 110 cm³/mol. The van der Waals surface area contributed by atoms with Crippen LogP contribution in [-0.2, 0) is 27.8 Å². The number of para-hydroxylation sites is 1. The molecule has 1 fully saturated rings. The summed E-state index contributed by atoms with van der Waals surface area (Å²) in [6.07, 6.45) is 5.08. The molecule has 3 rings (SSSR count). The van der Waals surface area contributed by atoms with E-state index in [4.69, 9.17) is 5.11 Å². The van der Waals surface area contributed by atoms with Crippen LogP contribution in [0.2, 0.25) is 0 Å². The van der Waals surface area contributed by atoms with E-state index in [1.165, 1.54) is 4.31 Å². The second-order valence-electron chi connectivity index (χ2n) is 7.51. The predicted octanol–water partition coefficient (Wildman–Crippen LogP) is 3.93. The van der Waals surface area contributed by atoms with Gasteiger partial charge in [-0.25, -0.2) is 8.42 Å². The highest BCUT2D eigenvalue weighted by Gasteiger charge is 2.33. The lowest BCUT2D eigenvalue weighted by Gasteiger charge is -2.33. The Morgan fingerprint density at radius 3 is 2.28 bits per heavy atom. The summed E-state index contributed by atoms with van der Waals surface area (Å²) in [5, 5.41) is 19.0. The minimum Gasteiger partial charge on any atom is -0.508 e. The number of aliphatic carboxylic acids is 1. The van der Waals surface area contributed by atoms with Gasteiger partial charge >= 0.3 is 5.97 Å². The van der Waals surface area contributed by atoms with E-state index in [2.05, 4.69) is 0 Å². The smallest absolute Gasteiger partial charge is 0.303 e. The quantitative estimate of drug-likeness (QED) is 0.678. The minimum absolute atomic E-state index is 0.00752. The molecule has 2 aromatic rings. The monoisotopic (exact) mass is 417 g/mol. The molecule has 2 N–H and O–H groups in total. The van der Waals surface area contributed by atoms with Crippen molar-refractivity contribution < 1.29 is 23.4 Å². The fourth-order valence-electron chi connectivity index (χ4n) is 3.81. The number of aryl methyl sites for hydroxylation is 1. The number of phenols is 1. The first kappa shape index (κ1) is 21.3. The number of aromatic hydroxyl groups is 1. The molecule has 0 aromatic heterocycles. The van der Waals surface area contributed by atoms with Crippen LogP contribution in [0.15, 0.2) is 53.4 Å². The Hall–Kier alpha value is -2.38. The second-order valence-corrected chi connectivity index (χ2v) is 9.40. The normalized spacial score (nSPS) is 15.5. The summed E-state index contributed by atoms with van der Waals surface area (Å²) in [4.78, 5) is 10.9. The fourth-order valence-corrected chi connectivity index (χ4v) is 5.47. The third kappa shape index (κ3) is 5.36. The fraction of sp³-hybridized carbons (Fsp3) is 0.409. The molecular weight excluding hydrogens is 390 g/mol. The van der Waals surface area contributed by atoms with Crippen LogP contribution in [-0.4, -0.2) is 34.9 Å². The van der Waals surface area contributed by atoms with Crippen molar-refractivity contribution in [1.82, 2.24) is 4.31 Å².